The molecule has 0 heterocycles. The van der Waals surface area contributed by atoms with Crippen LogP contribution in [-0.2, 0) is 6.54 Å². The number of hydrogen-bond acceptors (Lipinski definition) is 2. The van der Waals surface area contributed by atoms with Crippen molar-refractivity contribution in [1.29, 1.82) is 0 Å². The highest BCUT2D eigenvalue weighted by molar-refractivity contribution is 5.89. The molecule has 0 atom stereocenters. The highest BCUT2D eigenvalue weighted by atomic mass is 19.2. The Kier molecular flexibility index (Phi) is 4.88. The molecule has 2 N–H and O–H groups in total. The third-order valence-corrected chi connectivity index (χ3v) is 2.90. The molecule has 0 saturated carbocycles. The average Bonchev–Trinajstić information content (AvgIpc) is 2.54. The van der Waals surface area contributed by atoms with Crippen molar-refractivity contribution in [2.75, 3.05) is 12.4 Å². The first-order chi connectivity index (χ1) is 10.5. The first kappa shape index (κ1) is 15.7. The summed E-state index contributed by atoms with van der Waals surface area (Å²) in [5.74, 6) is -3.72. The Labute approximate surface area is 124 Å². The fraction of sp³-hybridized carbons (Fsp3) is 0.133. The molecule has 4 nitrogen and oxygen atoms in total. The summed E-state index contributed by atoms with van der Waals surface area (Å²) in [7, 11) is 1.54. The molecule has 0 radical (unpaired) electrons. The lowest BCUT2D eigenvalue weighted by atomic mass is 10.2. The van der Waals surface area contributed by atoms with E-state index in [9.17, 15) is 18.0 Å². The van der Waals surface area contributed by atoms with Crippen LogP contribution >= 0.6 is 0 Å². The molecular formula is C15H13F3N2O2. The third kappa shape index (κ3) is 3.69. The Morgan fingerprint density at radius 3 is 2.36 bits per heavy atom. The van der Waals surface area contributed by atoms with Gasteiger partial charge in [0.15, 0.2) is 17.5 Å². The third-order valence-electron chi connectivity index (χ3n) is 2.90. The van der Waals surface area contributed by atoms with Crippen molar-refractivity contribution < 1.29 is 22.7 Å². The summed E-state index contributed by atoms with van der Waals surface area (Å²) in [6.45, 7) is 0.182. The van der Waals surface area contributed by atoms with Crippen LogP contribution in [0.3, 0.4) is 0 Å². The monoisotopic (exact) mass is 310 g/mol. The Balaban J connectivity index is 1.94. The second kappa shape index (κ2) is 6.84. The molecule has 0 bridgehead atoms. The Morgan fingerprint density at radius 1 is 1.05 bits per heavy atom. The Bertz CT molecular complexity index is 675. The lowest BCUT2D eigenvalue weighted by molar-refractivity contribution is 0.251. The van der Waals surface area contributed by atoms with Gasteiger partial charge < -0.3 is 15.4 Å². The predicted molar refractivity (Wildman–Crippen MR) is 75.2 cm³/mol. The number of urea groups is 1. The van der Waals surface area contributed by atoms with E-state index < -0.39 is 29.2 Å². The van der Waals surface area contributed by atoms with Crippen molar-refractivity contribution in [2.24, 2.45) is 0 Å². The van der Waals surface area contributed by atoms with Crippen molar-refractivity contribution in [3.8, 4) is 5.75 Å². The first-order valence-corrected chi connectivity index (χ1v) is 6.32. The standard InChI is InChI=1S/C15H13F3N2O2/c1-22-10-4-2-9(3-5-10)8-19-15(21)20-12-7-6-11(16)13(17)14(12)18/h2-7H,8H2,1H3,(H2,19,20,21). The summed E-state index contributed by atoms with van der Waals surface area (Å²) in [4.78, 5) is 11.6. The molecule has 0 aliphatic rings. The number of methoxy groups -OCH3 is 1. The minimum atomic E-state index is -1.63. The van der Waals surface area contributed by atoms with Gasteiger partial charge in [0.1, 0.15) is 5.75 Å². The fourth-order valence-electron chi connectivity index (χ4n) is 1.71. The van der Waals surface area contributed by atoms with Crippen molar-refractivity contribution in [3.63, 3.8) is 0 Å². The number of hydrogen-bond donors (Lipinski definition) is 2. The van der Waals surface area contributed by atoms with E-state index in [0.717, 1.165) is 17.7 Å². The van der Waals surface area contributed by atoms with Gasteiger partial charge in [-0.3, -0.25) is 0 Å². The van der Waals surface area contributed by atoms with Gasteiger partial charge >= 0.3 is 6.03 Å². The molecule has 2 amide bonds. The van der Waals surface area contributed by atoms with Crippen molar-refractivity contribution >= 4 is 11.7 Å². The van der Waals surface area contributed by atoms with Gasteiger partial charge in [0.2, 0.25) is 0 Å². The van der Waals surface area contributed by atoms with Crippen molar-refractivity contribution in [2.45, 2.75) is 6.54 Å². The number of benzene rings is 2. The van der Waals surface area contributed by atoms with Crippen LogP contribution in [0, 0.1) is 17.5 Å². The van der Waals surface area contributed by atoms with Gasteiger partial charge in [-0.15, -0.1) is 0 Å². The van der Waals surface area contributed by atoms with Crippen LogP contribution in [0.2, 0.25) is 0 Å². The molecule has 0 unspecified atom stereocenters. The number of amides is 2. The fourth-order valence-corrected chi connectivity index (χ4v) is 1.71. The van der Waals surface area contributed by atoms with E-state index in [2.05, 4.69) is 10.6 Å². The highest BCUT2D eigenvalue weighted by Gasteiger charge is 2.14. The minimum Gasteiger partial charge on any atom is -0.497 e. The zero-order chi connectivity index (χ0) is 16.1. The van der Waals surface area contributed by atoms with Crippen molar-refractivity contribution in [3.05, 3.63) is 59.4 Å². The highest BCUT2D eigenvalue weighted by Crippen LogP contribution is 2.19. The van der Waals surface area contributed by atoms with Crippen LogP contribution in [0.5, 0.6) is 5.75 Å². The van der Waals surface area contributed by atoms with Gasteiger partial charge in [0.05, 0.1) is 12.8 Å². The molecule has 2 aromatic carbocycles. The molecule has 0 aromatic heterocycles. The lowest BCUT2D eigenvalue weighted by Crippen LogP contribution is -2.28. The quantitative estimate of drug-likeness (QED) is 0.850. The van der Waals surface area contributed by atoms with E-state index in [1.165, 1.54) is 7.11 Å². The molecule has 0 spiro atoms. The van der Waals surface area contributed by atoms with Crippen LogP contribution in [-0.4, -0.2) is 13.1 Å². The number of rotatable bonds is 4. The molecule has 22 heavy (non-hydrogen) atoms. The van der Waals surface area contributed by atoms with E-state index >= 15 is 0 Å². The molecule has 0 saturated heterocycles. The van der Waals surface area contributed by atoms with E-state index in [1.807, 2.05) is 0 Å². The molecular weight excluding hydrogens is 297 g/mol. The summed E-state index contributed by atoms with van der Waals surface area (Å²) in [5, 5.41) is 4.59. The lowest BCUT2D eigenvalue weighted by Gasteiger charge is -2.09. The maximum atomic E-state index is 13.4. The smallest absolute Gasteiger partial charge is 0.319 e. The minimum absolute atomic E-state index is 0.182. The van der Waals surface area contributed by atoms with Crippen LogP contribution in [0.4, 0.5) is 23.7 Å². The zero-order valence-corrected chi connectivity index (χ0v) is 11.6. The number of carbonyl (C=O) groups is 1. The second-order valence-electron chi connectivity index (χ2n) is 4.38. The van der Waals surface area contributed by atoms with E-state index in [-0.39, 0.29) is 6.54 Å². The summed E-state index contributed by atoms with van der Waals surface area (Å²) in [5.41, 5.74) is 0.354. The van der Waals surface area contributed by atoms with Gasteiger partial charge in [-0.25, -0.2) is 18.0 Å². The molecule has 0 fully saturated rings. The topological polar surface area (TPSA) is 50.4 Å². The second-order valence-corrected chi connectivity index (χ2v) is 4.38. The Morgan fingerprint density at radius 2 is 1.73 bits per heavy atom. The van der Waals surface area contributed by atoms with Crippen LogP contribution in [0.1, 0.15) is 5.56 Å². The SMILES string of the molecule is COc1ccc(CNC(=O)Nc2ccc(F)c(F)c2F)cc1. The van der Waals surface area contributed by atoms with Crippen LogP contribution < -0.4 is 15.4 Å². The summed E-state index contributed by atoms with van der Waals surface area (Å²) in [6.07, 6.45) is 0. The van der Waals surface area contributed by atoms with Gasteiger partial charge in [-0.1, -0.05) is 12.1 Å². The van der Waals surface area contributed by atoms with Crippen LogP contribution in [0.25, 0.3) is 0 Å². The largest absolute Gasteiger partial charge is 0.497 e. The van der Waals surface area contributed by atoms with E-state index in [1.54, 1.807) is 24.3 Å². The zero-order valence-electron chi connectivity index (χ0n) is 11.6. The van der Waals surface area contributed by atoms with Gasteiger partial charge in [0.25, 0.3) is 0 Å². The Hall–Kier alpha value is -2.70. The van der Waals surface area contributed by atoms with Gasteiger partial charge in [0, 0.05) is 6.54 Å². The van der Waals surface area contributed by atoms with E-state index in [0.29, 0.717) is 5.75 Å². The molecule has 116 valence electrons. The maximum Gasteiger partial charge on any atom is 0.319 e. The van der Waals surface area contributed by atoms with Gasteiger partial charge in [-0.05, 0) is 29.8 Å². The number of ether oxygens (including phenoxy) is 1. The molecule has 2 aromatic rings. The maximum absolute atomic E-state index is 13.4. The first-order valence-electron chi connectivity index (χ1n) is 6.32. The number of anilines is 1. The van der Waals surface area contributed by atoms with Gasteiger partial charge in [-0.2, -0.15) is 0 Å². The van der Waals surface area contributed by atoms with Crippen molar-refractivity contribution in [1.82, 2.24) is 5.32 Å². The average molecular weight is 310 g/mol. The molecule has 0 aliphatic carbocycles. The predicted octanol–water partition coefficient (Wildman–Crippen LogP) is 3.43. The summed E-state index contributed by atoms with van der Waals surface area (Å²) in [6, 6.07) is 7.89. The molecule has 7 heteroatoms. The summed E-state index contributed by atoms with van der Waals surface area (Å²) >= 11 is 0. The normalized spacial score (nSPS) is 10.2. The number of halogens is 3. The molecule has 2 rings (SSSR count). The number of nitrogens with one attached hydrogen (secondary N) is 2. The van der Waals surface area contributed by atoms with E-state index in [4.69, 9.17) is 4.74 Å². The van der Waals surface area contributed by atoms with Crippen LogP contribution in [0.15, 0.2) is 36.4 Å². The molecule has 0 aliphatic heterocycles. The number of carbonyl (C=O) groups excluding carboxylic acids is 1. The summed E-state index contributed by atoms with van der Waals surface area (Å²) < 4.78 is 44.2.